The van der Waals surface area contributed by atoms with E-state index < -0.39 is 17.5 Å². The molecule has 0 saturated carbocycles. The van der Waals surface area contributed by atoms with E-state index in [2.05, 4.69) is 10.1 Å². The van der Waals surface area contributed by atoms with Crippen LogP contribution < -0.4 is 4.74 Å². The second-order valence-electron chi connectivity index (χ2n) is 6.74. The van der Waals surface area contributed by atoms with Gasteiger partial charge >= 0.3 is 0 Å². The Morgan fingerprint density at radius 3 is 2.55 bits per heavy atom. The molecule has 1 aromatic carbocycles. The monoisotopic (exact) mass is 402 g/mol. The van der Waals surface area contributed by atoms with Gasteiger partial charge in [-0.3, -0.25) is 14.5 Å². The SMILES string of the molecule is COc1cncc(C(=O)N2CCc3c(nn(C)c3-c3cc(F)c(F)c(F)c3)C2)c1. The van der Waals surface area contributed by atoms with Gasteiger partial charge in [-0.25, -0.2) is 13.2 Å². The van der Waals surface area contributed by atoms with Crippen molar-refractivity contribution in [3.8, 4) is 17.0 Å². The lowest BCUT2D eigenvalue weighted by atomic mass is 9.99. The number of pyridine rings is 1. The Hall–Kier alpha value is -3.36. The number of methoxy groups -OCH3 is 1. The van der Waals surface area contributed by atoms with Crippen LogP contribution in [0.25, 0.3) is 11.3 Å². The van der Waals surface area contributed by atoms with Crippen molar-refractivity contribution in [2.45, 2.75) is 13.0 Å². The fourth-order valence-corrected chi connectivity index (χ4v) is 3.58. The fourth-order valence-electron chi connectivity index (χ4n) is 3.58. The summed E-state index contributed by atoms with van der Waals surface area (Å²) in [6.07, 6.45) is 3.42. The molecule has 6 nitrogen and oxygen atoms in total. The minimum Gasteiger partial charge on any atom is -0.495 e. The summed E-state index contributed by atoms with van der Waals surface area (Å²) in [4.78, 5) is 18.5. The predicted molar refractivity (Wildman–Crippen MR) is 97.8 cm³/mol. The average molecular weight is 402 g/mol. The van der Waals surface area contributed by atoms with E-state index >= 15 is 0 Å². The van der Waals surface area contributed by atoms with Crippen LogP contribution in [-0.4, -0.2) is 39.2 Å². The fraction of sp³-hybridized carbons (Fsp3) is 0.250. The molecular weight excluding hydrogens is 385 g/mol. The number of hydrogen-bond donors (Lipinski definition) is 0. The molecule has 1 aliphatic heterocycles. The first kappa shape index (κ1) is 19.0. The molecule has 29 heavy (non-hydrogen) atoms. The normalized spacial score (nSPS) is 13.3. The quantitative estimate of drug-likeness (QED) is 0.632. The van der Waals surface area contributed by atoms with Crippen molar-refractivity contribution < 1.29 is 22.7 Å². The van der Waals surface area contributed by atoms with Crippen LogP contribution in [0.1, 0.15) is 21.6 Å². The Morgan fingerprint density at radius 2 is 1.86 bits per heavy atom. The van der Waals surface area contributed by atoms with Gasteiger partial charge in [0.2, 0.25) is 0 Å². The molecule has 150 valence electrons. The molecule has 0 saturated heterocycles. The Bertz CT molecular complexity index is 1090. The number of benzene rings is 1. The molecule has 0 bridgehead atoms. The van der Waals surface area contributed by atoms with E-state index in [0.717, 1.165) is 17.7 Å². The maximum atomic E-state index is 13.7. The van der Waals surface area contributed by atoms with Gasteiger partial charge in [-0.2, -0.15) is 5.10 Å². The summed E-state index contributed by atoms with van der Waals surface area (Å²) in [6, 6.07) is 3.52. The molecule has 0 radical (unpaired) electrons. The molecule has 0 fully saturated rings. The number of aromatic nitrogens is 3. The molecule has 2 aromatic heterocycles. The highest BCUT2D eigenvalue weighted by Gasteiger charge is 2.28. The van der Waals surface area contributed by atoms with Crippen LogP contribution >= 0.6 is 0 Å². The van der Waals surface area contributed by atoms with E-state index in [1.807, 2.05) is 0 Å². The van der Waals surface area contributed by atoms with Gasteiger partial charge in [-0.05, 0) is 24.6 Å². The van der Waals surface area contributed by atoms with Gasteiger partial charge in [0, 0.05) is 30.9 Å². The molecule has 0 unspecified atom stereocenters. The number of fused-ring (bicyclic) bond motifs is 1. The van der Waals surface area contributed by atoms with E-state index in [9.17, 15) is 18.0 Å². The smallest absolute Gasteiger partial charge is 0.255 e. The zero-order valence-electron chi connectivity index (χ0n) is 15.7. The number of ether oxygens (including phenoxy) is 1. The van der Waals surface area contributed by atoms with Gasteiger partial charge in [-0.15, -0.1) is 0 Å². The molecular formula is C20H17F3N4O2. The number of aryl methyl sites for hydroxylation is 1. The minimum atomic E-state index is -1.51. The summed E-state index contributed by atoms with van der Waals surface area (Å²) < 4.78 is 47.3. The number of nitrogens with zero attached hydrogens (tertiary/aromatic N) is 4. The van der Waals surface area contributed by atoms with Crippen LogP contribution in [0.4, 0.5) is 13.2 Å². The summed E-state index contributed by atoms with van der Waals surface area (Å²) in [5.74, 6) is -3.75. The third-order valence-electron chi connectivity index (χ3n) is 4.94. The second-order valence-corrected chi connectivity index (χ2v) is 6.74. The molecule has 0 N–H and O–H groups in total. The molecule has 3 heterocycles. The highest BCUT2D eigenvalue weighted by molar-refractivity contribution is 5.94. The molecule has 0 spiro atoms. The average Bonchev–Trinajstić information content (AvgIpc) is 3.05. The molecule has 0 aliphatic carbocycles. The maximum Gasteiger partial charge on any atom is 0.255 e. The summed E-state index contributed by atoms with van der Waals surface area (Å²) in [7, 11) is 3.14. The zero-order chi connectivity index (χ0) is 20.7. The van der Waals surface area contributed by atoms with Crippen LogP contribution in [-0.2, 0) is 20.0 Å². The Balaban J connectivity index is 1.65. The number of amides is 1. The third kappa shape index (κ3) is 3.32. The number of hydrogen-bond acceptors (Lipinski definition) is 4. The molecule has 1 amide bonds. The predicted octanol–water partition coefficient (Wildman–Crippen LogP) is 3.11. The standard InChI is InChI=1S/C20H17F3N4O2/c1-26-19(11-6-15(21)18(23)16(22)7-11)14-3-4-27(10-17(14)25-26)20(28)12-5-13(29-2)9-24-8-12/h5-9H,3-4,10H2,1-2H3. The van der Waals surface area contributed by atoms with Gasteiger partial charge < -0.3 is 9.64 Å². The van der Waals surface area contributed by atoms with Crippen LogP contribution in [0.5, 0.6) is 5.75 Å². The van der Waals surface area contributed by atoms with Gasteiger partial charge in [0.25, 0.3) is 5.91 Å². The van der Waals surface area contributed by atoms with E-state index in [1.165, 1.54) is 24.2 Å². The maximum absolute atomic E-state index is 13.7. The van der Waals surface area contributed by atoms with Gasteiger partial charge in [-0.1, -0.05) is 0 Å². The zero-order valence-corrected chi connectivity index (χ0v) is 15.7. The van der Waals surface area contributed by atoms with Crippen molar-refractivity contribution in [1.29, 1.82) is 0 Å². The summed E-state index contributed by atoms with van der Waals surface area (Å²) >= 11 is 0. The number of halogens is 3. The minimum absolute atomic E-state index is 0.203. The first-order chi connectivity index (χ1) is 13.9. The lowest BCUT2D eigenvalue weighted by molar-refractivity contribution is 0.0731. The molecule has 9 heteroatoms. The molecule has 4 rings (SSSR count). The van der Waals surface area contributed by atoms with E-state index in [4.69, 9.17) is 4.74 Å². The van der Waals surface area contributed by atoms with E-state index in [-0.39, 0.29) is 18.0 Å². The van der Waals surface area contributed by atoms with Crippen molar-refractivity contribution in [3.63, 3.8) is 0 Å². The lowest BCUT2D eigenvalue weighted by Crippen LogP contribution is -2.36. The summed E-state index contributed by atoms with van der Waals surface area (Å²) in [5.41, 5.74) is 2.52. The van der Waals surface area contributed by atoms with Gasteiger partial charge in [0.05, 0.1) is 36.8 Å². The number of carbonyl (C=O) groups is 1. The lowest BCUT2D eigenvalue weighted by Gasteiger charge is -2.26. The van der Waals surface area contributed by atoms with Crippen LogP contribution in [0, 0.1) is 17.5 Å². The molecule has 0 atom stereocenters. The van der Waals surface area contributed by atoms with Crippen LogP contribution in [0.2, 0.25) is 0 Å². The molecule has 1 aliphatic rings. The van der Waals surface area contributed by atoms with Crippen LogP contribution in [0.15, 0.2) is 30.6 Å². The van der Waals surface area contributed by atoms with E-state index in [0.29, 0.717) is 35.7 Å². The number of rotatable bonds is 3. The highest BCUT2D eigenvalue weighted by Crippen LogP contribution is 2.32. The highest BCUT2D eigenvalue weighted by atomic mass is 19.2. The van der Waals surface area contributed by atoms with Crippen molar-refractivity contribution >= 4 is 5.91 Å². The summed E-state index contributed by atoms with van der Waals surface area (Å²) in [6.45, 7) is 0.638. The summed E-state index contributed by atoms with van der Waals surface area (Å²) in [5, 5.41) is 4.41. The van der Waals surface area contributed by atoms with Gasteiger partial charge in [0.15, 0.2) is 17.5 Å². The number of carbonyl (C=O) groups excluding carboxylic acids is 1. The van der Waals surface area contributed by atoms with Crippen molar-refractivity contribution in [2.75, 3.05) is 13.7 Å². The van der Waals surface area contributed by atoms with Gasteiger partial charge in [0.1, 0.15) is 5.75 Å². The molecule has 3 aromatic rings. The second kappa shape index (κ2) is 7.23. The Labute approximate surface area is 164 Å². The van der Waals surface area contributed by atoms with Crippen LogP contribution in [0.3, 0.4) is 0 Å². The largest absolute Gasteiger partial charge is 0.495 e. The van der Waals surface area contributed by atoms with E-state index in [1.54, 1.807) is 18.0 Å². The topological polar surface area (TPSA) is 60.2 Å². The van der Waals surface area contributed by atoms with Crippen molar-refractivity contribution in [1.82, 2.24) is 19.7 Å². The van der Waals surface area contributed by atoms with Crippen molar-refractivity contribution in [2.24, 2.45) is 7.05 Å². The third-order valence-corrected chi connectivity index (χ3v) is 4.94. The Kier molecular flexibility index (Phi) is 4.73. The first-order valence-electron chi connectivity index (χ1n) is 8.87. The Morgan fingerprint density at radius 1 is 1.14 bits per heavy atom. The van der Waals surface area contributed by atoms with Crippen molar-refractivity contribution in [3.05, 3.63) is 64.9 Å². The first-order valence-corrected chi connectivity index (χ1v) is 8.87.